The Morgan fingerprint density at radius 2 is 1.93 bits per heavy atom. The van der Waals surface area contributed by atoms with Crippen molar-refractivity contribution in [2.45, 2.75) is 13.8 Å². The molecule has 0 saturated heterocycles. The van der Waals surface area contributed by atoms with E-state index in [9.17, 15) is 14.0 Å². The molecule has 0 aliphatic carbocycles. The highest BCUT2D eigenvalue weighted by Crippen LogP contribution is 2.32. The van der Waals surface area contributed by atoms with Crippen molar-refractivity contribution in [3.8, 4) is 0 Å². The van der Waals surface area contributed by atoms with Crippen LogP contribution in [0.5, 0.6) is 0 Å². The summed E-state index contributed by atoms with van der Waals surface area (Å²) < 4.78 is 18.7. The van der Waals surface area contributed by atoms with E-state index >= 15 is 0 Å². The fraction of sp³-hybridized carbons (Fsp3) is 0.227. The molecule has 2 aliphatic heterocycles. The Morgan fingerprint density at radius 1 is 1.17 bits per heavy atom. The molecule has 1 N–H and O–H groups in total. The van der Waals surface area contributed by atoms with Gasteiger partial charge in [0.05, 0.1) is 18.9 Å². The second kappa shape index (κ2) is 9.01. The summed E-state index contributed by atoms with van der Waals surface area (Å²) in [5, 5.41) is 3.37. The van der Waals surface area contributed by atoms with Crippen molar-refractivity contribution in [3.63, 3.8) is 0 Å². The molecule has 7 heteroatoms. The van der Waals surface area contributed by atoms with E-state index in [0.29, 0.717) is 35.0 Å². The molecular formula is C22H20ClFN2O3. The van der Waals surface area contributed by atoms with Gasteiger partial charge in [-0.05, 0) is 42.3 Å². The van der Waals surface area contributed by atoms with Gasteiger partial charge in [0.15, 0.2) is 0 Å². The van der Waals surface area contributed by atoms with Gasteiger partial charge in [-0.3, -0.25) is 14.6 Å². The van der Waals surface area contributed by atoms with Crippen LogP contribution in [0.15, 0.2) is 53.0 Å². The average Bonchev–Trinajstić information content (AvgIpc) is 2.96. The van der Waals surface area contributed by atoms with Gasteiger partial charge in [-0.1, -0.05) is 29.8 Å². The summed E-state index contributed by atoms with van der Waals surface area (Å²) >= 11 is 6.15. The molecule has 2 aromatic carbocycles. The van der Waals surface area contributed by atoms with Gasteiger partial charge in [-0.25, -0.2) is 4.39 Å². The predicted octanol–water partition coefficient (Wildman–Crippen LogP) is 3.78. The molecule has 0 bridgehead atoms. The maximum Gasteiger partial charge on any atom is 0.302 e. The smallest absolute Gasteiger partial charge is 0.302 e. The molecule has 150 valence electrons. The summed E-state index contributed by atoms with van der Waals surface area (Å²) in [6.45, 7) is 4.35. The number of carbonyl (C=O) groups is 2. The van der Waals surface area contributed by atoms with Crippen molar-refractivity contribution in [3.05, 3.63) is 75.6 Å². The van der Waals surface area contributed by atoms with Crippen LogP contribution in [0.3, 0.4) is 0 Å². The second-order valence-electron chi connectivity index (χ2n) is 6.40. The minimum atomic E-state index is -0.344. The first kappa shape index (κ1) is 20.7. The van der Waals surface area contributed by atoms with Crippen molar-refractivity contribution >= 4 is 34.8 Å². The lowest BCUT2D eigenvalue weighted by molar-refractivity contribution is -0.140. The molecule has 4 rings (SSSR count). The lowest BCUT2D eigenvalue weighted by Crippen LogP contribution is -2.19. The van der Waals surface area contributed by atoms with E-state index in [2.05, 4.69) is 15.0 Å². The lowest BCUT2D eigenvalue weighted by atomic mass is 9.93. The standard InChI is InChI=1S/C18H12ClFN2O.C4H8O2/c19-10-5-6-11-13(7-10)17(12-3-1-2-4-16(12)20)21-9-15-14(11)8-22-18(15)23;1-3-6-4(2)5/h1-7H,8-9H2,(H,22,23);3H2,1-2H3. The molecule has 0 aromatic heterocycles. The Kier molecular flexibility index (Phi) is 6.44. The van der Waals surface area contributed by atoms with E-state index in [0.717, 1.165) is 16.7 Å². The van der Waals surface area contributed by atoms with Gasteiger partial charge < -0.3 is 10.1 Å². The molecule has 1 amide bonds. The summed E-state index contributed by atoms with van der Waals surface area (Å²) in [5.41, 5.74) is 4.13. The molecule has 0 spiro atoms. The van der Waals surface area contributed by atoms with Crippen LogP contribution in [0, 0.1) is 5.82 Å². The van der Waals surface area contributed by atoms with Crippen molar-refractivity contribution in [2.75, 3.05) is 19.7 Å². The maximum absolute atomic E-state index is 14.3. The number of rotatable bonds is 2. The number of amides is 1. The maximum atomic E-state index is 14.3. The Bertz CT molecular complexity index is 1030. The number of carbonyl (C=O) groups excluding carboxylic acids is 2. The molecule has 0 fully saturated rings. The molecular weight excluding hydrogens is 395 g/mol. The Balaban J connectivity index is 0.000000353. The van der Waals surface area contributed by atoms with Crippen LogP contribution in [0.2, 0.25) is 5.02 Å². The van der Waals surface area contributed by atoms with E-state index in [1.807, 2.05) is 6.07 Å². The van der Waals surface area contributed by atoms with Crippen molar-refractivity contribution < 1.29 is 18.7 Å². The summed E-state index contributed by atoms with van der Waals surface area (Å²) in [4.78, 5) is 26.4. The fourth-order valence-electron chi connectivity index (χ4n) is 3.25. The lowest BCUT2D eigenvalue weighted by Gasteiger charge is -2.13. The van der Waals surface area contributed by atoms with Crippen LogP contribution in [-0.2, 0) is 14.3 Å². The average molecular weight is 415 g/mol. The topological polar surface area (TPSA) is 67.8 Å². The zero-order valence-corrected chi connectivity index (χ0v) is 16.8. The number of fused-ring (bicyclic) bond motifs is 2. The molecule has 0 unspecified atom stereocenters. The fourth-order valence-corrected chi connectivity index (χ4v) is 3.42. The van der Waals surface area contributed by atoms with Gasteiger partial charge in [0, 0.05) is 35.2 Å². The predicted molar refractivity (Wildman–Crippen MR) is 111 cm³/mol. The van der Waals surface area contributed by atoms with Crippen LogP contribution in [0.25, 0.3) is 5.57 Å². The Labute approximate surface area is 173 Å². The van der Waals surface area contributed by atoms with Crippen LogP contribution in [0.1, 0.15) is 30.5 Å². The van der Waals surface area contributed by atoms with E-state index < -0.39 is 0 Å². The van der Waals surface area contributed by atoms with Gasteiger partial charge in [0.25, 0.3) is 0 Å². The summed E-state index contributed by atoms with van der Waals surface area (Å²) in [5.74, 6) is -0.666. The molecule has 2 aromatic rings. The first-order chi connectivity index (χ1) is 13.9. The number of esters is 1. The highest BCUT2D eigenvalue weighted by molar-refractivity contribution is 6.31. The normalized spacial score (nSPS) is 14.6. The SMILES string of the molecule is CCOC(C)=O.O=C1NCC2=C1CN=C(c1ccccc1F)c1cc(Cl)ccc12. The van der Waals surface area contributed by atoms with Gasteiger partial charge >= 0.3 is 5.97 Å². The molecule has 2 aliphatic rings. The molecule has 0 saturated carbocycles. The Hall–Kier alpha value is -2.99. The highest BCUT2D eigenvalue weighted by atomic mass is 35.5. The number of benzene rings is 2. The van der Waals surface area contributed by atoms with E-state index in [1.54, 1.807) is 37.3 Å². The molecule has 5 nitrogen and oxygen atoms in total. The van der Waals surface area contributed by atoms with Gasteiger partial charge in [0.1, 0.15) is 5.82 Å². The first-order valence-corrected chi connectivity index (χ1v) is 9.53. The molecule has 29 heavy (non-hydrogen) atoms. The molecule has 2 heterocycles. The van der Waals surface area contributed by atoms with Crippen LogP contribution < -0.4 is 5.32 Å². The number of nitrogens with zero attached hydrogens (tertiary/aromatic N) is 1. The molecule has 0 radical (unpaired) electrons. The number of aliphatic imine (C=N–C) groups is 1. The summed E-state index contributed by atoms with van der Waals surface area (Å²) in [7, 11) is 0. The number of ether oxygens (including phenoxy) is 1. The van der Waals surface area contributed by atoms with E-state index in [1.165, 1.54) is 13.0 Å². The first-order valence-electron chi connectivity index (χ1n) is 9.15. The molecule has 0 atom stereocenters. The zero-order chi connectivity index (χ0) is 21.0. The number of hydrogen-bond acceptors (Lipinski definition) is 4. The summed E-state index contributed by atoms with van der Waals surface area (Å²) in [6.07, 6.45) is 0. The third kappa shape index (κ3) is 4.54. The minimum absolute atomic E-state index is 0.112. The van der Waals surface area contributed by atoms with Crippen molar-refractivity contribution in [1.82, 2.24) is 5.32 Å². The van der Waals surface area contributed by atoms with Crippen LogP contribution >= 0.6 is 11.6 Å². The largest absolute Gasteiger partial charge is 0.466 e. The number of hydrogen-bond donors (Lipinski definition) is 1. The summed E-state index contributed by atoms with van der Waals surface area (Å²) in [6, 6.07) is 11.9. The van der Waals surface area contributed by atoms with Gasteiger partial charge in [0.2, 0.25) is 5.91 Å². The van der Waals surface area contributed by atoms with E-state index in [4.69, 9.17) is 11.6 Å². The quantitative estimate of drug-likeness (QED) is 0.760. The van der Waals surface area contributed by atoms with Crippen molar-refractivity contribution in [2.24, 2.45) is 4.99 Å². The minimum Gasteiger partial charge on any atom is -0.466 e. The van der Waals surface area contributed by atoms with Crippen LogP contribution in [-0.4, -0.2) is 37.3 Å². The van der Waals surface area contributed by atoms with E-state index in [-0.39, 0.29) is 24.2 Å². The Morgan fingerprint density at radius 3 is 2.59 bits per heavy atom. The number of halogens is 2. The number of nitrogens with one attached hydrogen (secondary N) is 1. The third-order valence-corrected chi connectivity index (χ3v) is 4.73. The highest BCUT2D eigenvalue weighted by Gasteiger charge is 2.29. The van der Waals surface area contributed by atoms with Gasteiger partial charge in [-0.15, -0.1) is 0 Å². The van der Waals surface area contributed by atoms with Crippen molar-refractivity contribution in [1.29, 1.82) is 0 Å². The zero-order valence-electron chi connectivity index (χ0n) is 16.1. The monoisotopic (exact) mass is 414 g/mol. The third-order valence-electron chi connectivity index (χ3n) is 4.50. The second-order valence-corrected chi connectivity index (χ2v) is 6.84. The van der Waals surface area contributed by atoms with Crippen LogP contribution in [0.4, 0.5) is 4.39 Å². The van der Waals surface area contributed by atoms with Gasteiger partial charge in [-0.2, -0.15) is 0 Å².